The third kappa shape index (κ3) is 3.84. The summed E-state index contributed by atoms with van der Waals surface area (Å²) in [5, 5.41) is 16.2. The van der Waals surface area contributed by atoms with Crippen LogP contribution in [-0.2, 0) is 0 Å². The summed E-state index contributed by atoms with van der Waals surface area (Å²) in [7, 11) is 0. The molecule has 0 bridgehead atoms. The van der Waals surface area contributed by atoms with E-state index in [1.165, 1.54) is 122 Å². The Morgan fingerprint density at radius 3 is 1.49 bits per heavy atom. The Bertz CT molecular complexity index is 1740. The third-order valence-corrected chi connectivity index (χ3v) is 9.20. The zero-order valence-corrected chi connectivity index (χ0v) is 22.6. The van der Waals surface area contributed by atoms with E-state index in [0.29, 0.717) is 0 Å². The molecule has 0 saturated heterocycles. The average Bonchev–Trinajstić information content (AvgIpc) is 2.94. The van der Waals surface area contributed by atoms with Crippen molar-refractivity contribution in [3.63, 3.8) is 0 Å². The lowest BCUT2D eigenvalue weighted by molar-refractivity contribution is 0.571. The minimum Gasteiger partial charge on any atom is -0.425 e. The third-order valence-electron chi connectivity index (χ3n) is 8.44. The van der Waals surface area contributed by atoms with Gasteiger partial charge in [0.2, 0.25) is 0 Å². The fourth-order valence-corrected chi connectivity index (χ4v) is 7.27. The largest absolute Gasteiger partial charge is 0.425 e. The Morgan fingerprint density at radius 1 is 0.486 bits per heavy atom. The van der Waals surface area contributed by atoms with Crippen LogP contribution in [0.4, 0.5) is 0 Å². The second-order valence-electron chi connectivity index (χ2n) is 10.8. The topological polar surface area (TPSA) is 9.23 Å². The summed E-state index contributed by atoms with van der Waals surface area (Å²) in [6, 6.07) is 25.1. The Balaban J connectivity index is 1.19. The van der Waals surface area contributed by atoms with Crippen LogP contribution in [0.3, 0.4) is 0 Å². The van der Waals surface area contributed by atoms with E-state index in [0.717, 1.165) is 11.5 Å². The molecule has 2 heteroatoms. The first kappa shape index (κ1) is 23.2. The van der Waals surface area contributed by atoms with Crippen molar-refractivity contribution >= 4 is 76.7 Å². The molecule has 0 N–H and O–H groups in total. The van der Waals surface area contributed by atoms with E-state index in [1.807, 2.05) is 0 Å². The zero-order chi connectivity index (χ0) is 24.8. The van der Waals surface area contributed by atoms with E-state index in [1.54, 1.807) is 12.0 Å². The van der Waals surface area contributed by atoms with Crippen LogP contribution >= 0.6 is 12.0 Å². The monoisotopic (exact) mass is 502 g/mol. The normalized spacial score (nSPS) is 12.6. The van der Waals surface area contributed by atoms with Crippen molar-refractivity contribution in [2.75, 3.05) is 5.75 Å². The van der Waals surface area contributed by atoms with Gasteiger partial charge in [0, 0.05) is 16.5 Å². The smallest absolute Gasteiger partial charge is 0.145 e. The highest BCUT2D eigenvalue weighted by molar-refractivity contribution is 7.95. The predicted octanol–water partition coefficient (Wildman–Crippen LogP) is 11.5. The van der Waals surface area contributed by atoms with E-state index in [-0.39, 0.29) is 0 Å². The van der Waals surface area contributed by atoms with Crippen LogP contribution in [-0.4, -0.2) is 5.75 Å². The SMILES string of the molecule is CCCCCCCCCCCSOc1cc2ccc3ccc4ccc5ccc6ccc1c1c6c5c4c3c21. The number of hydrogen-bond donors (Lipinski definition) is 0. The van der Waals surface area contributed by atoms with Gasteiger partial charge in [-0.25, -0.2) is 0 Å². The summed E-state index contributed by atoms with van der Waals surface area (Å²) in [5.41, 5.74) is 0. The van der Waals surface area contributed by atoms with Gasteiger partial charge in [-0.05, 0) is 72.4 Å². The van der Waals surface area contributed by atoms with Gasteiger partial charge in [0.15, 0.2) is 0 Å². The molecule has 0 unspecified atom stereocenters. The fourth-order valence-electron chi connectivity index (χ4n) is 6.60. The lowest BCUT2D eigenvalue weighted by atomic mass is 9.83. The molecule has 1 nitrogen and oxygen atoms in total. The standard InChI is InChI=1S/C35H34OS/c1-2-3-4-5-6-7-8-9-10-21-37-36-29-22-27-18-17-25-14-12-23-11-13-24-15-16-26-19-20-28(29)35-33(26)31(24)30(23)32(25)34(27)35/h11-20,22H,2-10,21H2,1H3. The summed E-state index contributed by atoms with van der Waals surface area (Å²) >= 11 is 1.63. The molecular weight excluding hydrogens is 468 g/mol. The van der Waals surface area contributed by atoms with Gasteiger partial charge >= 0.3 is 0 Å². The van der Waals surface area contributed by atoms with Gasteiger partial charge in [0.05, 0.1) is 12.0 Å². The van der Waals surface area contributed by atoms with Crippen LogP contribution in [0.1, 0.15) is 64.7 Å². The average molecular weight is 503 g/mol. The number of hydrogen-bond acceptors (Lipinski definition) is 2. The van der Waals surface area contributed by atoms with Crippen molar-refractivity contribution in [3.05, 3.63) is 66.7 Å². The van der Waals surface area contributed by atoms with Crippen LogP contribution in [0.5, 0.6) is 5.75 Å². The molecular formula is C35H34OS. The van der Waals surface area contributed by atoms with Crippen LogP contribution in [0, 0.1) is 0 Å². The molecule has 0 spiro atoms. The van der Waals surface area contributed by atoms with Crippen LogP contribution < -0.4 is 4.18 Å². The maximum atomic E-state index is 6.45. The van der Waals surface area contributed by atoms with Gasteiger partial charge in [-0.3, -0.25) is 0 Å². The maximum Gasteiger partial charge on any atom is 0.145 e. The maximum absolute atomic E-state index is 6.45. The summed E-state index contributed by atoms with van der Waals surface area (Å²) in [6.07, 6.45) is 12.2. The molecule has 0 aromatic heterocycles. The Labute approximate surface area is 223 Å². The Kier molecular flexibility index (Phi) is 6.09. The van der Waals surface area contributed by atoms with E-state index in [9.17, 15) is 0 Å². The molecule has 0 amide bonds. The van der Waals surface area contributed by atoms with E-state index >= 15 is 0 Å². The number of rotatable bonds is 12. The van der Waals surface area contributed by atoms with Crippen LogP contribution in [0.15, 0.2) is 66.7 Å². The molecule has 7 aromatic carbocycles. The quantitative estimate of drug-likeness (QED) is 0.0711. The molecule has 37 heavy (non-hydrogen) atoms. The molecule has 7 rings (SSSR count). The van der Waals surface area contributed by atoms with E-state index in [2.05, 4.69) is 73.7 Å². The molecule has 0 saturated carbocycles. The molecule has 0 aliphatic heterocycles. The van der Waals surface area contributed by atoms with Crippen molar-refractivity contribution in [2.45, 2.75) is 64.7 Å². The van der Waals surface area contributed by atoms with Crippen molar-refractivity contribution in [2.24, 2.45) is 0 Å². The zero-order valence-electron chi connectivity index (χ0n) is 21.7. The van der Waals surface area contributed by atoms with Crippen molar-refractivity contribution in [1.29, 1.82) is 0 Å². The number of unbranched alkanes of at least 4 members (excludes halogenated alkanes) is 8. The first-order chi connectivity index (χ1) is 18.3. The highest BCUT2D eigenvalue weighted by atomic mass is 32.2. The second-order valence-corrected chi connectivity index (χ2v) is 11.7. The molecule has 0 aliphatic rings. The van der Waals surface area contributed by atoms with Crippen molar-refractivity contribution < 1.29 is 4.18 Å². The van der Waals surface area contributed by atoms with Crippen molar-refractivity contribution in [3.8, 4) is 5.75 Å². The van der Waals surface area contributed by atoms with Gasteiger partial charge in [-0.1, -0.05) is 113 Å². The minimum atomic E-state index is 1.01. The molecule has 7 aromatic rings. The van der Waals surface area contributed by atoms with Crippen LogP contribution in [0.2, 0.25) is 0 Å². The highest BCUT2D eigenvalue weighted by Gasteiger charge is 2.21. The van der Waals surface area contributed by atoms with Gasteiger partial charge in [0.25, 0.3) is 0 Å². The minimum absolute atomic E-state index is 1.01. The summed E-state index contributed by atoms with van der Waals surface area (Å²) in [5.74, 6) is 2.06. The van der Waals surface area contributed by atoms with Crippen LogP contribution in [0.25, 0.3) is 64.6 Å². The van der Waals surface area contributed by atoms with Gasteiger partial charge in [0.1, 0.15) is 5.75 Å². The molecule has 186 valence electrons. The summed E-state index contributed by atoms with van der Waals surface area (Å²) in [4.78, 5) is 0. The van der Waals surface area contributed by atoms with Gasteiger partial charge < -0.3 is 4.18 Å². The molecule has 0 fully saturated rings. The van der Waals surface area contributed by atoms with E-state index in [4.69, 9.17) is 4.18 Å². The predicted molar refractivity (Wildman–Crippen MR) is 165 cm³/mol. The fraction of sp³-hybridized carbons (Fsp3) is 0.314. The van der Waals surface area contributed by atoms with Gasteiger partial charge in [-0.2, -0.15) is 0 Å². The summed E-state index contributed by atoms with van der Waals surface area (Å²) < 4.78 is 6.45. The lowest BCUT2D eigenvalue weighted by Gasteiger charge is -2.21. The van der Waals surface area contributed by atoms with Crippen molar-refractivity contribution in [1.82, 2.24) is 0 Å². The number of benzene rings is 7. The first-order valence-corrected chi connectivity index (χ1v) is 15.2. The molecule has 0 heterocycles. The molecule has 0 aliphatic carbocycles. The Morgan fingerprint density at radius 2 is 0.919 bits per heavy atom. The van der Waals surface area contributed by atoms with E-state index < -0.39 is 0 Å². The Hall–Kier alpha value is -2.97. The lowest BCUT2D eigenvalue weighted by Crippen LogP contribution is -1.94. The second kappa shape index (κ2) is 9.72. The summed E-state index contributed by atoms with van der Waals surface area (Å²) in [6.45, 7) is 2.29. The highest BCUT2D eigenvalue weighted by Crippen LogP contribution is 2.50. The first-order valence-electron chi connectivity index (χ1n) is 14.2. The molecule has 0 atom stereocenters. The molecule has 0 radical (unpaired) electrons. The van der Waals surface area contributed by atoms with Gasteiger partial charge in [-0.15, -0.1) is 0 Å².